The highest BCUT2D eigenvalue weighted by Crippen LogP contribution is 2.19. The van der Waals surface area contributed by atoms with Gasteiger partial charge >= 0.3 is 0 Å². The van der Waals surface area contributed by atoms with Crippen LogP contribution < -0.4 is 0 Å². The van der Waals surface area contributed by atoms with Gasteiger partial charge in [-0.1, -0.05) is 17.7 Å². The van der Waals surface area contributed by atoms with Crippen molar-refractivity contribution in [3.05, 3.63) is 34.6 Å². The number of amides is 1. The fourth-order valence-corrected chi connectivity index (χ4v) is 2.14. The first kappa shape index (κ1) is 11.4. The molecule has 0 aliphatic carbocycles. The number of hydrogen-bond acceptors (Lipinski definition) is 1. The average Bonchev–Trinajstić information content (AvgIpc) is 2.75. The Morgan fingerprint density at radius 2 is 2.06 bits per heavy atom. The summed E-state index contributed by atoms with van der Waals surface area (Å²) in [5.41, 5.74) is 0.694. The van der Waals surface area contributed by atoms with Crippen molar-refractivity contribution in [3.63, 3.8) is 0 Å². The molecular formula is C12H13ClFNO. The summed E-state index contributed by atoms with van der Waals surface area (Å²) in [6, 6.07) is 4.15. The molecule has 2 rings (SSSR count). The predicted molar refractivity (Wildman–Crippen MR) is 60.9 cm³/mol. The molecule has 1 aliphatic rings. The second kappa shape index (κ2) is 4.83. The molecule has 1 amide bonds. The van der Waals surface area contributed by atoms with Crippen LogP contribution in [0.1, 0.15) is 18.4 Å². The Morgan fingerprint density at radius 3 is 2.69 bits per heavy atom. The van der Waals surface area contributed by atoms with Gasteiger partial charge in [-0.25, -0.2) is 4.39 Å². The molecule has 1 aromatic rings. The van der Waals surface area contributed by atoms with Crippen LogP contribution in [-0.2, 0) is 11.2 Å². The summed E-state index contributed by atoms with van der Waals surface area (Å²) in [5.74, 6) is -0.298. The van der Waals surface area contributed by atoms with Crippen molar-refractivity contribution in [1.82, 2.24) is 4.90 Å². The number of benzene rings is 1. The van der Waals surface area contributed by atoms with E-state index in [9.17, 15) is 9.18 Å². The first-order chi connectivity index (χ1) is 7.66. The van der Waals surface area contributed by atoms with Gasteiger partial charge in [-0.3, -0.25) is 4.79 Å². The first-order valence-electron chi connectivity index (χ1n) is 5.38. The largest absolute Gasteiger partial charge is 0.342 e. The molecule has 1 heterocycles. The van der Waals surface area contributed by atoms with E-state index in [0.717, 1.165) is 25.9 Å². The summed E-state index contributed by atoms with van der Waals surface area (Å²) >= 11 is 5.87. The minimum Gasteiger partial charge on any atom is -0.342 e. The number of hydrogen-bond donors (Lipinski definition) is 0. The van der Waals surface area contributed by atoms with Crippen molar-refractivity contribution >= 4 is 17.5 Å². The highest BCUT2D eigenvalue weighted by Gasteiger charge is 2.18. The van der Waals surface area contributed by atoms with E-state index in [1.807, 2.05) is 4.90 Å². The van der Waals surface area contributed by atoms with Crippen LogP contribution in [0.2, 0.25) is 5.02 Å². The second-order valence-electron chi connectivity index (χ2n) is 4.00. The molecule has 1 aliphatic heterocycles. The molecule has 0 spiro atoms. The molecule has 0 atom stereocenters. The number of nitrogens with zero attached hydrogens (tertiary/aromatic N) is 1. The normalized spacial score (nSPS) is 15.5. The molecule has 1 aromatic carbocycles. The van der Waals surface area contributed by atoms with E-state index < -0.39 is 0 Å². The zero-order chi connectivity index (χ0) is 11.5. The van der Waals surface area contributed by atoms with Gasteiger partial charge in [0.25, 0.3) is 0 Å². The molecule has 0 aromatic heterocycles. The third-order valence-electron chi connectivity index (χ3n) is 2.82. The molecule has 4 heteroatoms. The molecule has 2 nitrogen and oxygen atoms in total. The van der Waals surface area contributed by atoms with Crippen LogP contribution in [-0.4, -0.2) is 23.9 Å². The topological polar surface area (TPSA) is 20.3 Å². The zero-order valence-corrected chi connectivity index (χ0v) is 9.63. The van der Waals surface area contributed by atoms with Gasteiger partial charge in [0.1, 0.15) is 5.82 Å². The summed E-state index contributed by atoms with van der Waals surface area (Å²) in [5, 5.41) is 0.326. The molecule has 1 saturated heterocycles. The van der Waals surface area contributed by atoms with Crippen LogP contribution >= 0.6 is 11.6 Å². The van der Waals surface area contributed by atoms with Crippen molar-refractivity contribution in [2.24, 2.45) is 0 Å². The number of carbonyl (C=O) groups excluding carboxylic acids is 1. The van der Waals surface area contributed by atoms with Crippen molar-refractivity contribution in [3.8, 4) is 0 Å². The Morgan fingerprint density at radius 1 is 1.38 bits per heavy atom. The Balaban J connectivity index is 2.05. The van der Waals surface area contributed by atoms with Crippen molar-refractivity contribution in [1.29, 1.82) is 0 Å². The Labute approximate surface area is 99.0 Å². The van der Waals surface area contributed by atoms with Crippen LogP contribution in [0.25, 0.3) is 0 Å². The van der Waals surface area contributed by atoms with E-state index in [-0.39, 0.29) is 18.1 Å². The van der Waals surface area contributed by atoms with Gasteiger partial charge in [-0.05, 0) is 30.5 Å². The van der Waals surface area contributed by atoms with E-state index in [1.165, 1.54) is 12.1 Å². The van der Waals surface area contributed by atoms with Gasteiger partial charge in [0.2, 0.25) is 5.91 Å². The van der Waals surface area contributed by atoms with E-state index >= 15 is 0 Å². The monoisotopic (exact) mass is 241 g/mol. The lowest BCUT2D eigenvalue weighted by Gasteiger charge is -2.15. The molecule has 16 heavy (non-hydrogen) atoms. The molecule has 0 unspecified atom stereocenters. The minimum atomic E-state index is -0.373. The zero-order valence-electron chi connectivity index (χ0n) is 8.88. The summed E-state index contributed by atoms with van der Waals surface area (Å²) < 4.78 is 12.8. The van der Waals surface area contributed by atoms with E-state index in [0.29, 0.717) is 10.6 Å². The second-order valence-corrected chi connectivity index (χ2v) is 4.41. The van der Waals surface area contributed by atoms with Crippen molar-refractivity contribution < 1.29 is 9.18 Å². The minimum absolute atomic E-state index is 0.0750. The summed E-state index contributed by atoms with van der Waals surface area (Å²) in [6.45, 7) is 1.66. The maximum Gasteiger partial charge on any atom is 0.227 e. The molecule has 0 bridgehead atoms. The van der Waals surface area contributed by atoms with Crippen LogP contribution in [0.4, 0.5) is 4.39 Å². The molecule has 0 radical (unpaired) electrons. The fraction of sp³-hybridized carbons (Fsp3) is 0.417. The van der Waals surface area contributed by atoms with Gasteiger partial charge in [0.15, 0.2) is 0 Å². The van der Waals surface area contributed by atoms with Crippen LogP contribution in [0, 0.1) is 5.82 Å². The van der Waals surface area contributed by atoms with Crippen LogP contribution in [0.3, 0.4) is 0 Å². The third-order valence-corrected chi connectivity index (χ3v) is 3.17. The molecule has 86 valence electrons. The number of likely N-dealkylation sites (tertiary alicyclic amines) is 1. The van der Waals surface area contributed by atoms with Crippen molar-refractivity contribution in [2.75, 3.05) is 13.1 Å². The number of rotatable bonds is 2. The molecule has 1 fully saturated rings. The van der Waals surface area contributed by atoms with E-state index in [1.54, 1.807) is 6.07 Å². The standard InChI is InChI=1S/C12H13ClFNO/c13-11-8-10(14)4-3-9(11)7-12(16)15-5-1-2-6-15/h3-4,8H,1-2,5-7H2. The predicted octanol–water partition coefficient (Wildman–Crippen LogP) is 2.64. The smallest absolute Gasteiger partial charge is 0.227 e. The summed E-state index contributed by atoms with van der Waals surface area (Å²) in [7, 11) is 0. The average molecular weight is 242 g/mol. The van der Waals surface area contributed by atoms with Crippen LogP contribution in [0.15, 0.2) is 18.2 Å². The lowest BCUT2D eigenvalue weighted by Crippen LogP contribution is -2.29. The Kier molecular flexibility index (Phi) is 3.44. The Bertz CT molecular complexity index is 402. The number of halogens is 2. The fourth-order valence-electron chi connectivity index (χ4n) is 1.91. The SMILES string of the molecule is O=C(Cc1ccc(F)cc1Cl)N1CCCC1. The maximum atomic E-state index is 12.8. The quantitative estimate of drug-likeness (QED) is 0.780. The highest BCUT2D eigenvalue weighted by molar-refractivity contribution is 6.31. The Hall–Kier alpha value is -1.09. The van der Waals surface area contributed by atoms with Crippen molar-refractivity contribution in [2.45, 2.75) is 19.3 Å². The van der Waals surface area contributed by atoms with Gasteiger partial charge in [0, 0.05) is 18.1 Å². The summed E-state index contributed by atoms with van der Waals surface area (Å²) in [6.07, 6.45) is 2.41. The van der Waals surface area contributed by atoms with E-state index in [2.05, 4.69) is 0 Å². The lowest BCUT2D eigenvalue weighted by atomic mass is 10.1. The molecular weight excluding hydrogens is 229 g/mol. The number of carbonyl (C=O) groups is 1. The third kappa shape index (κ3) is 2.53. The first-order valence-corrected chi connectivity index (χ1v) is 5.76. The van der Waals surface area contributed by atoms with E-state index in [4.69, 9.17) is 11.6 Å². The van der Waals surface area contributed by atoms with Gasteiger partial charge in [-0.2, -0.15) is 0 Å². The maximum absolute atomic E-state index is 12.8. The molecule has 0 saturated carbocycles. The summed E-state index contributed by atoms with van der Waals surface area (Å²) in [4.78, 5) is 13.7. The van der Waals surface area contributed by atoms with Gasteiger partial charge in [-0.15, -0.1) is 0 Å². The van der Waals surface area contributed by atoms with Gasteiger partial charge in [0.05, 0.1) is 6.42 Å². The highest BCUT2D eigenvalue weighted by atomic mass is 35.5. The molecule has 0 N–H and O–H groups in total. The van der Waals surface area contributed by atoms with Gasteiger partial charge < -0.3 is 4.90 Å². The lowest BCUT2D eigenvalue weighted by molar-refractivity contribution is -0.129. The van der Waals surface area contributed by atoms with Crippen LogP contribution in [0.5, 0.6) is 0 Å².